The number of carbonyl (C=O) groups is 2. The molecule has 4 atom stereocenters. The summed E-state index contributed by atoms with van der Waals surface area (Å²) >= 11 is 0. The maximum atomic E-state index is 12.6. The van der Waals surface area contributed by atoms with Crippen LogP contribution in [0.25, 0.3) is 0 Å². The van der Waals surface area contributed by atoms with Crippen molar-refractivity contribution in [1.29, 1.82) is 0 Å². The summed E-state index contributed by atoms with van der Waals surface area (Å²) in [6, 6.07) is 0. The van der Waals surface area contributed by atoms with Crippen LogP contribution in [0.5, 0.6) is 0 Å². The molecule has 11 heteroatoms. The molecular formula is C33H65N3O7S. The Morgan fingerprint density at radius 2 is 1.18 bits per heavy atom. The predicted octanol–water partition coefficient (Wildman–Crippen LogP) is 7.10. The lowest BCUT2D eigenvalue weighted by molar-refractivity contribution is 0.00785. The van der Waals surface area contributed by atoms with Gasteiger partial charge < -0.3 is 25.0 Å². The van der Waals surface area contributed by atoms with Crippen molar-refractivity contribution in [1.82, 2.24) is 9.80 Å². The van der Waals surface area contributed by atoms with Gasteiger partial charge in [-0.05, 0) is 125 Å². The van der Waals surface area contributed by atoms with Crippen molar-refractivity contribution in [2.24, 2.45) is 17.6 Å². The second-order valence-electron chi connectivity index (χ2n) is 15.4. The zero-order valence-corrected chi connectivity index (χ0v) is 30.6. The lowest BCUT2D eigenvalue weighted by atomic mass is 9.88. The summed E-state index contributed by atoms with van der Waals surface area (Å²) in [4.78, 5) is 28.8. The maximum absolute atomic E-state index is 12.6. The van der Waals surface area contributed by atoms with Gasteiger partial charge in [-0.25, -0.2) is 9.59 Å². The molecule has 44 heavy (non-hydrogen) atoms. The fourth-order valence-corrected chi connectivity index (χ4v) is 7.12. The van der Waals surface area contributed by atoms with Crippen LogP contribution >= 0.6 is 0 Å². The summed E-state index contributed by atoms with van der Waals surface area (Å²) in [7, 11) is -3.38. The molecule has 0 saturated carbocycles. The number of nitrogens with two attached hydrogens (primary N) is 1. The van der Waals surface area contributed by atoms with E-state index in [-0.39, 0.29) is 29.9 Å². The van der Waals surface area contributed by atoms with Gasteiger partial charge in [0.05, 0.1) is 12.9 Å². The zero-order chi connectivity index (χ0) is 34.0. The van der Waals surface area contributed by atoms with Gasteiger partial charge in [-0.15, -0.1) is 0 Å². The third kappa shape index (κ3) is 14.2. The van der Waals surface area contributed by atoms with Gasteiger partial charge in [-0.2, -0.15) is 8.42 Å². The molecule has 2 aliphatic rings. The van der Waals surface area contributed by atoms with Crippen LogP contribution in [0.15, 0.2) is 0 Å². The van der Waals surface area contributed by atoms with E-state index < -0.39 is 21.3 Å². The molecule has 0 aromatic rings. The summed E-state index contributed by atoms with van der Waals surface area (Å²) in [5.41, 5.74) is 4.41. The van der Waals surface area contributed by atoms with Gasteiger partial charge in [0.2, 0.25) is 0 Å². The van der Waals surface area contributed by atoms with Crippen molar-refractivity contribution in [3.63, 3.8) is 0 Å². The summed E-state index contributed by atoms with van der Waals surface area (Å²) in [5, 5.41) is 0. The Morgan fingerprint density at radius 3 is 1.50 bits per heavy atom. The first-order valence-electron chi connectivity index (χ1n) is 16.6. The number of ether oxygens (including phenoxy) is 2. The average Bonchev–Trinajstić information content (AvgIpc) is 3.35. The van der Waals surface area contributed by atoms with Crippen LogP contribution in [-0.2, 0) is 23.8 Å². The van der Waals surface area contributed by atoms with Gasteiger partial charge in [0.25, 0.3) is 10.1 Å². The van der Waals surface area contributed by atoms with Crippen LogP contribution in [0, 0.1) is 11.8 Å². The molecule has 0 bridgehead atoms. The molecule has 2 rings (SSSR count). The monoisotopic (exact) mass is 647 g/mol. The zero-order valence-electron chi connectivity index (χ0n) is 29.8. The van der Waals surface area contributed by atoms with Crippen LogP contribution in [0.4, 0.5) is 9.59 Å². The maximum Gasteiger partial charge on any atom is 0.410 e. The van der Waals surface area contributed by atoms with E-state index in [9.17, 15) is 18.0 Å². The highest BCUT2D eigenvalue weighted by Crippen LogP contribution is 2.40. The standard InChI is InChI=1S/C17H33NO5S.C16H32N2O2/c1-7-10-17(5)12-14(9-8-11-22-24(6,20)21)13-18(17)15(19)23-16(2,3)4;1-6-9-16(5)11-13(8-7-10-17)12-18(16)14(19)20-15(2,3)4/h14H,7-13H2,1-6H3;13H,6-12,17H2,1-5H3. The second-order valence-corrected chi connectivity index (χ2v) is 17.1. The van der Waals surface area contributed by atoms with Crippen LogP contribution in [0.3, 0.4) is 0 Å². The van der Waals surface area contributed by atoms with E-state index in [1.165, 1.54) is 0 Å². The van der Waals surface area contributed by atoms with E-state index in [4.69, 9.17) is 19.4 Å². The second kappa shape index (κ2) is 16.8. The molecular weight excluding hydrogens is 582 g/mol. The highest BCUT2D eigenvalue weighted by molar-refractivity contribution is 7.85. The molecule has 0 aromatic carbocycles. The Kier molecular flexibility index (Phi) is 15.5. The molecule has 260 valence electrons. The van der Waals surface area contributed by atoms with Crippen molar-refractivity contribution in [3.05, 3.63) is 0 Å². The van der Waals surface area contributed by atoms with Gasteiger partial charge in [-0.3, -0.25) is 4.18 Å². The highest BCUT2D eigenvalue weighted by atomic mass is 32.2. The van der Waals surface area contributed by atoms with E-state index >= 15 is 0 Å². The number of hydrogen-bond acceptors (Lipinski definition) is 8. The van der Waals surface area contributed by atoms with Crippen molar-refractivity contribution in [2.45, 2.75) is 156 Å². The molecule has 2 heterocycles. The first-order chi connectivity index (χ1) is 20.1. The molecule has 4 unspecified atom stereocenters. The Labute approximate surface area is 269 Å². The SMILES string of the molecule is CCCC1(C)CC(CCCN)CN1C(=O)OC(C)(C)C.CCCC1(C)CC(CCCOS(C)(=O)=O)CN1C(=O)OC(C)(C)C. The molecule has 2 aliphatic heterocycles. The molecule has 10 nitrogen and oxygen atoms in total. The van der Waals surface area contributed by atoms with Crippen LogP contribution in [-0.4, -0.2) is 85.2 Å². The minimum absolute atomic E-state index is 0.0592. The molecule has 0 aliphatic carbocycles. The van der Waals surface area contributed by atoms with Crippen LogP contribution in [0.2, 0.25) is 0 Å². The number of likely N-dealkylation sites (tertiary alicyclic amines) is 2. The summed E-state index contributed by atoms with van der Waals surface area (Å²) < 4.78 is 37.9. The minimum atomic E-state index is -3.38. The lowest BCUT2D eigenvalue weighted by Gasteiger charge is -2.36. The summed E-state index contributed by atoms with van der Waals surface area (Å²) in [6.45, 7) is 22.4. The lowest BCUT2D eigenvalue weighted by Crippen LogP contribution is -2.47. The van der Waals surface area contributed by atoms with Gasteiger partial charge in [0.1, 0.15) is 11.2 Å². The van der Waals surface area contributed by atoms with E-state index in [1.807, 2.05) is 51.3 Å². The number of nitrogens with zero attached hydrogens (tertiary/aromatic N) is 2. The third-order valence-corrected chi connectivity index (χ3v) is 8.91. The minimum Gasteiger partial charge on any atom is -0.444 e. The first-order valence-corrected chi connectivity index (χ1v) is 18.5. The normalized spacial score (nSPS) is 25.9. The first kappa shape index (κ1) is 40.4. The van der Waals surface area contributed by atoms with Crippen molar-refractivity contribution >= 4 is 22.3 Å². The van der Waals surface area contributed by atoms with Crippen LogP contribution in [0.1, 0.15) is 133 Å². The smallest absolute Gasteiger partial charge is 0.410 e. The van der Waals surface area contributed by atoms with E-state index in [0.717, 1.165) is 77.1 Å². The number of carbonyl (C=O) groups excluding carboxylic acids is 2. The van der Waals surface area contributed by atoms with Gasteiger partial charge in [0, 0.05) is 24.2 Å². The van der Waals surface area contributed by atoms with E-state index in [2.05, 4.69) is 27.7 Å². The quantitative estimate of drug-likeness (QED) is 0.175. The average molecular weight is 648 g/mol. The number of amides is 2. The summed E-state index contributed by atoms with van der Waals surface area (Å²) in [6.07, 6.45) is 10.3. The third-order valence-electron chi connectivity index (χ3n) is 8.32. The number of hydrogen-bond donors (Lipinski definition) is 1. The van der Waals surface area contributed by atoms with Crippen molar-refractivity contribution in [3.8, 4) is 0 Å². The van der Waals surface area contributed by atoms with E-state index in [1.54, 1.807) is 0 Å². The molecule has 2 amide bonds. The number of rotatable bonds is 12. The Balaban J connectivity index is 0.000000447. The van der Waals surface area contributed by atoms with Crippen molar-refractivity contribution < 1.29 is 31.7 Å². The fraction of sp³-hybridized carbons (Fsp3) is 0.939. The fourth-order valence-electron chi connectivity index (χ4n) is 6.70. The molecule has 0 aromatic heterocycles. The van der Waals surface area contributed by atoms with Gasteiger partial charge in [-0.1, -0.05) is 26.7 Å². The highest BCUT2D eigenvalue weighted by Gasteiger charge is 2.46. The largest absolute Gasteiger partial charge is 0.444 e. The Bertz CT molecular complexity index is 1010. The van der Waals surface area contributed by atoms with Crippen molar-refractivity contribution in [2.75, 3.05) is 32.5 Å². The molecule has 2 saturated heterocycles. The molecule has 0 radical (unpaired) electrons. The van der Waals surface area contributed by atoms with Gasteiger partial charge >= 0.3 is 12.2 Å². The Hall–Kier alpha value is -1.59. The topological polar surface area (TPSA) is 128 Å². The summed E-state index contributed by atoms with van der Waals surface area (Å²) in [5.74, 6) is 0.903. The van der Waals surface area contributed by atoms with E-state index in [0.29, 0.717) is 24.8 Å². The molecule has 0 spiro atoms. The van der Waals surface area contributed by atoms with Crippen LogP contribution < -0.4 is 5.73 Å². The van der Waals surface area contributed by atoms with Gasteiger partial charge in [0.15, 0.2) is 0 Å². The Morgan fingerprint density at radius 1 is 0.795 bits per heavy atom. The molecule has 2 N–H and O–H groups in total. The predicted molar refractivity (Wildman–Crippen MR) is 177 cm³/mol. The molecule has 2 fully saturated rings.